The van der Waals surface area contributed by atoms with Crippen LogP contribution >= 0.6 is 25.3 Å². The van der Waals surface area contributed by atoms with E-state index in [2.05, 4.69) is 25.3 Å². The van der Waals surface area contributed by atoms with Gasteiger partial charge in [0.05, 0.1) is 12.7 Å². The number of methoxy groups -OCH3 is 1. The number of hydrogen-bond acceptors (Lipinski definition) is 4. The number of benzene rings is 3. The van der Waals surface area contributed by atoms with Crippen LogP contribution in [0.3, 0.4) is 0 Å². The fourth-order valence-electron chi connectivity index (χ4n) is 2.93. The fourth-order valence-corrected chi connectivity index (χ4v) is 3.36. The van der Waals surface area contributed by atoms with Crippen molar-refractivity contribution in [3.8, 4) is 22.3 Å². The van der Waals surface area contributed by atoms with Crippen LogP contribution in [0.1, 0.15) is 21.5 Å². The summed E-state index contributed by atoms with van der Waals surface area (Å²) in [5.41, 5.74) is 6.52. The predicted octanol–water partition coefficient (Wildman–Crippen LogP) is 5.67. The van der Waals surface area contributed by atoms with Crippen molar-refractivity contribution in [1.29, 1.82) is 0 Å². The Bertz CT molecular complexity index is 835. The minimum atomic E-state index is -0.341. The smallest absolute Gasteiger partial charge is 0.339 e. The predicted molar refractivity (Wildman–Crippen MR) is 114 cm³/mol. The molecule has 2 nitrogen and oxygen atoms in total. The highest BCUT2D eigenvalue weighted by molar-refractivity contribution is 7.79. The van der Waals surface area contributed by atoms with Crippen LogP contribution in [0, 0.1) is 0 Å². The van der Waals surface area contributed by atoms with Crippen molar-refractivity contribution in [2.75, 3.05) is 7.11 Å². The Morgan fingerprint density at radius 1 is 0.769 bits per heavy atom. The third kappa shape index (κ3) is 3.81. The van der Waals surface area contributed by atoms with E-state index in [-0.39, 0.29) is 5.97 Å². The zero-order valence-corrected chi connectivity index (χ0v) is 16.3. The first kappa shape index (κ1) is 18.6. The molecule has 0 aliphatic heterocycles. The van der Waals surface area contributed by atoms with E-state index in [0.29, 0.717) is 17.1 Å². The van der Waals surface area contributed by atoms with Gasteiger partial charge in [-0.3, -0.25) is 0 Å². The summed E-state index contributed by atoms with van der Waals surface area (Å²) in [6, 6.07) is 22.0. The molecular formula is C22H20O2S2. The maximum atomic E-state index is 12.6. The van der Waals surface area contributed by atoms with E-state index < -0.39 is 0 Å². The average Bonchev–Trinajstić information content (AvgIpc) is 2.72. The minimum absolute atomic E-state index is 0.341. The van der Waals surface area contributed by atoms with Crippen LogP contribution < -0.4 is 0 Å². The largest absolute Gasteiger partial charge is 0.465 e. The standard InChI is InChI=1S/C22H20O2S2/c1-24-22(23)21-19(17-9-5-15(13-25)6-10-17)3-2-4-20(21)18-11-7-16(14-26)8-12-18/h2-12,25-26H,13-14H2,1H3. The van der Waals surface area contributed by atoms with E-state index in [9.17, 15) is 4.79 Å². The Morgan fingerprint density at radius 2 is 1.19 bits per heavy atom. The van der Waals surface area contributed by atoms with Gasteiger partial charge < -0.3 is 4.74 Å². The zero-order chi connectivity index (χ0) is 18.5. The topological polar surface area (TPSA) is 26.3 Å². The summed E-state index contributed by atoms with van der Waals surface area (Å²) >= 11 is 8.60. The van der Waals surface area contributed by atoms with E-state index in [1.165, 1.54) is 7.11 Å². The second-order valence-corrected chi connectivity index (χ2v) is 6.56. The molecule has 132 valence electrons. The molecule has 0 saturated heterocycles. The van der Waals surface area contributed by atoms with Gasteiger partial charge in [0.15, 0.2) is 0 Å². The second kappa shape index (κ2) is 8.47. The first-order chi connectivity index (χ1) is 12.7. The third-order valence-corrected chi connectivity index (χ3v) is 5.08. The molecule has 0 saturated carbocycles. The van der Waals surface area contributed by atoms with Gasteiger partial charge in [0.25, 0.3) is 0 Å². The molecule has 0 aliphatic rings. The Labute approximate surface area is 165 Å². The maximum Gasteiger partial charge on any atom is 0.339 e. The van der Waals surface area contributed by atoms with Crippen molar-refractivity contribution in [1.82, 2.24) is 0 Å². The average molecular weight is 381 g/mol. The number of carbonyl (C=O) groups is 1. The van der Waals surface area contributed by atoms with Crippen LogP contribution in [-0.4, -0.2) is 13.1 Å². The van der Waals surface area contributed by atoms with Gasteiger partial charge in [-0.25, -0.2) is 4.79 Å². The molecule has 26 heavy (non-hydrogen) atoms. The molecule has 0 unspecified atom stereocenters. The third-order valence-electron chi connectivity index (χ3n) is 4.35. The first-order valence-corrected chi connectivity index (χ1v) is 9.56. The summed E-state index contributed by atoms with van der Waals surface area (Å²) < 4.78 is 5.09. The normalized spacial score (nSPS) is 10.6. The lowest BCUT2D eigenvalue weighted by atomic mass is 9.91. The van der Waals surface area contributed by atoms with E-state index >= 15 is 0 Å². The number of thiol groups is 2. The minimum Gasteiger partial charge on any atom is -0.465 e. The summed E-state index contributed by atoms with van der Waals surface area (Å²) in [7, 11) is 1.41. The first-order valence-electron chi connectivity index (χ1n) is 8.29. The van der Waals surface area contributed by atoms with Crippen LogP contribution in [0.25, 0.3) is 22.3 Å². The van der Waals surface area contributed by atoms with Gasteiger partial charge in [0, 0.05) is 11.5 Å². The van der Waals surface area contributed by atoms with Crippen molar-refractivity contribution in [3.05, 3.63) is 83.4 Å². The van der Waals surface area contributed by atoms with Gasteiger partial charge in [-0.2, -0.15) is 25.3 Å². The lowest BCUT2D eigenvalue weighted by Crippen LogP contribution is -2.06. The summed E-state index contributed by atoms with van der Waals surface area (Å²) in [6.07, 6.45) is 0. The van der Waals surface area contributed by atoms with Crippen LogP contribution in [0.15, 0.2) is 66.7 Å². The summed E-state index contributed by atoms with van der Waals surface area (Å²) in [5, 5.41) is 0. The van der Waals surface area contributed by atoms with Gasteiger partial charge >= 0.3 is 5.97 Å². The van der Waals surface area contributed by atoms with Gasteiger partial charge in [0.2, 0.25) is 0 Å². The molecule has 0 aliphatic carbocycles. The van der Waals surface area contributed by atoms with Gasteiger partial charge in [-0.15, -0.1) is 0 Å². The lowest BCUT2D eigenvalue weighted by Gasteiger charge is -2.14. The van der Waals surface area contributed by atoms with Crippen molar-refractivity contribution >= 4 is 31.2 Å². The molecule has 4 heteroatoms. The molecular weight excluding hydrogens is 360 g/mol. The van der Waals surface area contributed by atoms with E-state index in [4.69, 9.17) is 4.74 Å². The van der Waals surface area contributed by atoms with Crippen molar-refractivity contribution < 1.29 is 9.53 Å². The quantitative estimate of drug-likeness (QED) is 0.441. The van der Waals surface area contributed by atoms with Gasteiger partial charge in [-0.1, -0.05) is 66.7 Å². The van der Waals surface area contributed by atoms with Gasteiger partial charge in [-0.05, 0) is 33.4 Å². The van der Waals surface area contributed by atoms with Crippen molar-refractivity contribution in [3.63, 3.8) is 0 Å². The molecule has 3 rings (SSSR count). The van der Waals surface area contributed by atoms with Crippen LogP contribution in [0.2, 0.25) is 0 Å². The zero-order valence-electron chi connectivity index (χ0n) is 14.5. The van der Waals surface area contributed by atoms with Gasteiger partial charge in [0.1, 0.15) is 0 Å². The number of hydrogen-bond donors (Lipinski definition) is 2. The second-order valence-electron chi connectivity index (χ2n) is 5.93. The Hall–Kier alpha value is -2.17. The molecule has 0 fully saturated rings. The molecule has 0 heterocycles. The molecule has 3 aromatic rings. The summed E-state index contributed by atoms with van der Waals surface area (Å²) in [6.45, 7) is 0. The molecule has 0 amide bonds. The fraction of sp³-hybridized carbons (Fsp3) is 0.136. The van der Waals surface area contributed by atoms with Crippen molar-refractivity contribution in [2.45, 2.75) is 11.5 Å². The van der Waals surface area contributed by atoms with Crippen LogP contribution in [0.4, 0.5) is 0 Å². The molecule has 0 N–H and O–H groups in total. The highest BCUT2D eigenvalue weighted by Crippen LogP contribution is 2.33. The van der Waals surface area contributed by atoms with E-state index in [1.807, 2.05) is 66.7 Å². The Morgan fingerprint density at radius 3 is 1.54 bits per heavy atom. The van der Waals surface area contributed by atoms with E-state index in [1.54, 1.807) is 0 Å². The molecule has 0 atom stereocenters. The number of ether oxygens (including phenoxy) is 1. The van der Waals surface area contributed by atoms with Crippen molar-refractivity contribution in [2.24, 2.45) is 0 Å². The monoisotopic (exact) mass is 380 g/mol. The Balaban J connectivity index is 2.16. The molecule has 0 aromatic heterocycles. The highest BCUT2D eigenvalue weighted by Gasteiger charge is 2.19. The Kier molecular flexibility index (Phi) is 6.07. The SMILES string of the molecule is COC(=O)c1c(-c2ccc(CS)cc2)cccc1-c1ccc(CS)cc1. The van der Waals surface area contributed by atoms with E-state index in [0.717, 1.165) is 33.4 Å². The van der Waals surface area contributed by atoms with Crippen LogP contribution in [-0.2, 0) is 16.2 Å². The number of carbonyl (C=O) groups excluding carboxylic acids is 1. The molecule has 3 aromatic carbocycles. The number of esters is 1. The van der Waals surface area contributed by atoms with Crippen LogP contribution in [0.5, 0.6) is 0 Å². The molecule has 0 radical (unpaired) electrons. The highest BCUT2D eigenvalue weighted by atomic mass is 32.1. The summed E-state index contributed by atoms with van der Waals surface area (Å²) in [5.74, 6) is 1.02. The summed E-state index contributed by atoms with van der Waals surface area (Å²) in [4.78, 5) is 12.6. The molecule has 0 bridgehead atoms. The number of rotatable bonds is 5. The lowest BCUT2D eigenvalue weighted by molar-refractivity contribution is 0.0602. The maximum absolute atomic E-state index is 12.6. The molecule has 0 spiro atoms.